The van der Waals surface area contributed by atoms with Crippen LogP contribution in [0.15, 0.2) is 36.5 Å². The molecule has 1 aliphatic rings. The highest BCUT2D eigenvalue weighted by atomic mass is 16.4. The molecular weight excluding hydrogens is 254 g/mol. The summed E-state index contributed by atoms with van der Waals surface area (Å²) in [6.07, 6.45) is 2.26. The van der Waals surface area contributed by atoms with E-state index in [0.29, 0.717) is 26.1 Å². The Labute approximate surface area is 117 Å². The Morgan fingerprint density at radius 1 is 1.40 bits per heavy atom. The third-order valence-electron chi connectivity index (χ3n) is 3.92. The zero-order valence-corrected chi connectivity index (χ0v) is 11.1. The maximum atomic E-state index is 11.2. The number of carbonyl (C=O) groups is 1. The first-order valence-corrected chi connectivity index (χ1v) is 6.66. The quantitative estimate of drug-likeness (QED) is 0.877. The molecule has 0 spiro atoms. The van der Waals surface area contributed by atoms with Gasteiger partial charge in [-0.3, -0.25) is 14.7 Å². The normalized spacial score (nSPS) is 23.2. The molecule has 0 saturated carbocycles. The number of benzene rings is 1. The summed E-state index contributed by atoms with van der Waals surface area (Å²) in [6.45, 7) is 1.76. The van der Waals surface area contributed by atoms with Crippen LogP contribution in [-0.4, -0.2) is 39.6 Å². The molecule has 1 aromatic carbocycles. The summed E-state index contributed by atoms with van der Waals surface area (Å²) >= 11 is 0. The van der Waals surface area contributed by atoms with Crippen molar-refractivity contribution in [3.63, 3.8) is 0 Å². The number of nitrogens with zero attached hydrogens (tertiary/aromatic N) is 2. The molecule has 5 heteroatoms. The van der Waals surface area contributed by atoms with Gasteiger partial charge >= 0.3 is 5.97 Å². The van der Waals surface area contributed by atoms with E-state index in [4.69, 9.17) is 10.8 Å². The highest BCUT2D eigenvalue weighted by Gasteiger charge is 2.41. The fraction of sp³-hybridized carbons (Fsp3) is 0.333. The zero-order chi connectivity index (χ0) is 14.2. The Bertz CT molecular complexity index is 653. The fourth-order valence-electron chi connectivity index (χ4n) is 2.76. The van der Waals surface area contributed by atoms with Gasteiger partial charge in [0.25, 0.3) is 0 Å². The van der Waals surface area contributed by atoms with Crippen LogP contribution in [-0.2, 0) is 11.3 Å². The van der Waals surface area contributed by atoms with Crippen molar-refractivity contribution >= 4 is 16.9 Å². The Morgan fingerprint density at radius 2 is 2.20 bits per heavy atom. The lowest BCUT2D eigenvalue weighted by Crippen LogP contribution is -2.50. The average molecular weight is 271 g/mol. The van der Waals surface area contributed by atoms with Gasteiger partial charge in [-0.2, -0.15) is 0 Å². The van der Waals surface area contributed by atoms with Crippen LogP contribution >= 0.6 is 0 Å². The van der Waals surface area contributed by atoms with E-state index in [1.54, 1.807) is 6.20 Å². The van der Waals surface area contributed by atoms with Crippen molar-refractivity contribution in [2.24, 2.45) is 5.73 Å². The number of hydrogen-bond donors (Lipinski definition) is 2. The molecular formula is C15H17N3O2. The first-order chi connectivity index (χ1) is 9.58. The first-order valence-electron chi connectivity index (χ1n) is 6.66. The number of pyridine rings is 1. The summed E-state index contributed by atoms with van der Waals surface area (Å²) in [5.74, 6) is -0.920. The number of fused-ring (bicyclic) bond motifs is 1. The number of aliphatic carboxylic acids is 1. The lowest BCUT2D eigenvalue weighted by molar-refractivity contribution is -0.142. The Hall–Kier alpha value is -1.98. The monoisotopic (exact) mass is 271 g/mol. The maximum Gasteiger partial charge on any atom is 0.325 e. The molecule has 2 aromatic rings. The van der Waals surface area contributed by atoms with Crippen molar-refractivity contribution in [2.45, 2.75) is 18.5 Å². The van der Waals surface area contributed by atoms with Crippen LogP contribution in [0.2, 0.25) is 0 Å². The van der Waals surface area contributed by atoms with Crippen molar-refractivity contribution in [1.29, 1.82) is 0 Å². The number of nitrogens with two attached hydrogens (primary N) is 1. The summed E-state index contributed by atoms with van der Waals surface area (Å²) in [7, 11) is 0. The minimum atomic E-state index is -1.11. The van der Waals surface area contributed by atoms with Crippen molar-refractivity contribution < 1.29 is 9.90 Å². The van der Waals surface area contributed by atoms with Crippen LogP contribution in [0.1, 0.15) is 12.0 Å². The van der Waals surface area contributed by atoms with E-state index in [9.17, 15) is 4.79 Å². The van der Waals surface area contributed by atoms with Gasteiger partial charge in [0.05, 0.1) is 5.52 Å². The van der Waals surface area contributed by atoms with Crippen molar-refractivity contribution in [3.8, 4) is 0 Å². The number of rotatable bonds is 3. The van der Waals surface area contributed by atoms with Gasteiger partial charge < -0.3 is 10.8 Å². The first kappa shape index (κ1) is 13.0. The summed E-state index contributed by atoms with van der Waals surface area (Å²) in [6, 6.07) is 10.0. The van der Waals surface area contributed by atoms with Gasteiger partial charge in [-0.05, 0) is 18.1 Å². The van der Waals surface area contributed by atoms with E-state index < -0.39 is 11.5 Å². The van der Waals surface area contributed by atoms with E-state index in [1.807, 2.05) is 30.3 Å². The third kappa shape index (κ3) is 2.26. The number of carboxylic acids is 1. The predicted molar refractivity (Wildman–Crippen MR) is 76.2 cm³/mol. The number of para-hydroxylation sites is 1. The van der Waals surface area contributed by atoms with Crippen LogP contribution in [0.25, 0.3) is 10.9 Å². The zero-order valence-electron chi connectivity index (χ0n) is 11.1. The molecule has 2 heterocycles. The van der Waals surface area contributed by atoms with E-state index in [0.717, 1.165) is 16.5 Å². The lowest BCUT2D eigenvalue weighted by atomic mass is 10.0. The van der Waals surface area contributed by atoms with Crippen LogP contribution in [0, 0.1) is 0 Å². The molecule has 1 atom stereocenters. The van der Waals surface area contributed by atoms with Gasteiger partial charge in [0.2, 0.25) is 0 Å². The molecule has 1 saturated heterocycles. The second kappa shape index (κ2) is 4.85. The minimum Gasteiger partial charge on any atom is -0.480 e. The second-order valence-corrected chi connectivity index (χ2v) is 5.41. The molecule has 1 aliphatic heterocycles. The number of aromatic nitrogens is 1. The van der Waals surface area contributed by atoms with Gasteiger partial charge in [-0.25, -0.2) is 0 Å². The third-order valence-corrected chi connectivity index (χ3v) is 3.92. The van der Waals surface area contributed by atoms with E-state index in [2.05, 4.69) is 9.88 Å². The Balaban J connectivity index is 1.83. The van der Waals surface area contributed by atoms with Gasteiger partial charge in [-0.1, -0.05) is 24.3 Å². The molecule has 0 amide bonds. The van der Waals surface area contributed by atoms with Crippen LogP contribution in [0.4, 0.5) is 0 Å². The molecule has 1 aromatic heterocycles. The SMILES string of the molecule is NC1(C(=O)O)CCN(Cc2cccc3cccnc23)C1. The van der Waals surface area contributed by atoms with Crippen LogP contribution < -0.4 is 5.73 Å². The molecule has 3 rings (SSSR count). The predicted octanol–water partition coefficient (Wildman–Crippen LogP) is 1.22. The van der Waals surface area contributed by atoms with Gasteiger partial charge in [0, 0.05) is 31.2 Å². The van der Waals surface area contributed by atoms with Gasteiger partial charge in [-0.15, -0.1) is 0 Å². The largest absolute Gasteiger partial charge is 0.480 e. The smallest absolute Gasteiger partial charge is 0.325 e. The minimum absolute atomic E-state index is 0.381. The van der Waals surface area contributed by atoms with Gasteiger partial charge in [0.1, 0.15) is 5.54 Å². The summed E-state index contributed by atoms with van der Waals surface area (Å²) in [5.41, 5.74) is 6.87. The fourth-order valence-corrected chi connectivity index (χ4v) is 2.76. The summed E-state index contributed by atoms with van der Waals surface area (Å²) in [4.78, 5) is 17.7. The Morgan fingerprint density at radius 3 is 2.95 bits per heavy atom. The van der Waals surface area contributed by atoms with Crippen molar-refractivity contribution in [1.82, 2.24) is 9.88 Å². The van der Waals surface area contributed by atoms with Crippen molar-refractivity contribution in [2.75, 3.05) is 13.1 Å². The standard InChI is InChI=1S/C15H17N3O2/c16-15(14(19)20)6-8-18(10-15)9-12-4-1-3-11-5-2-7-17-13(11)12/h1-5,7H,6,8-10,16H2,(H,19,20). The van der Waals surface area contributed by atoms with Crippen molar-refractivity contribution in [3.05, 3.63) is 42.1 Å². The molecule has 3 N–H and O–H groups in total. The average Bonchev–Trinajstić information content (AvgIpc) is 2.82. The molecule has 1 fully saturated rings. The van der Waals surface area contributed by atoms with Crippen LogP contribution in [0.3, 0.4) is 0 Å². The molecule has 0 radical (unpaired) electrons. The second-order valence-electron chi connectivity index (χ2n) is 5.41. The van der Waals surface area contributed by atoms with E-state index in [-0.39, 0.29) is 0 Å². The molecule has 0 aliphatic carbocycles. The molecule has 20 heavy (non-hydrogen) atoms. The van der Waals surface area contributed by atoms with Gasteiger partial charge in [0.15, 0.2) is 0 Å². The molecule has 104 valence electrons. The van der Waals surface area contributed by atoms with Crippen LogP contribution in [0.5, 0.6) is 0 Å². The molecule has 5 nitrogen and oxygen atoms in total. The summed E-state index contributed by atoms with van der Waals surface area (Å²) < 4.78 is 0. The highest BCUT2D eigenvalue weighted by molar-refractivity contribution is 5.81. The molecule has 0 bridgehead atoms. The molecule has 1 unspecified atom stereocenters. The number of likely N-dealkylation sites (tertiary alicyclic amines) is 1. The van der Waals surface area contributed by atoms with E-state index >= 15 is 0 Å². The lowest BCUT2D eigenvalue weighted by Gasteiger charge is -2.20. The number of hydrogen-bond acceptors (Lipinski definition) is 4. The highest BCUT2D eigenvalue weighted by Crippen LogP contribution is 2.23. The topological polar surface area (TPSA) is 79.5 Å². The number of carboxylic acid groups (broad SMARTS) is 1. The Kier molecular flexibility index (Phi) is 3.16. The maximum absolute atomic E-state index is 11.2. The van der Waals surface area contributed by atoms with E-state index in [1.165, 1.54) is 0 Å². The summed E-state index contributed by atoms with van der Waals surface area (Å²) in [5, 5.41) is 10.3.